The van der Waals surface area contributed by atoms with E-state index in [1.165, 1.54) is 20.8 Å². The highest BCUT2D eigenvalue weighted by molar-refractivity contribution is 6.65. The van der Waals surface area contributed by atoms with Crippen molar-refractivity contribution < 1.29 is 37.1 Å². The van der Waals surface area contributed by atoms with Crippen LogP contribution in [0.1, 0.15) is 40.5 Å². The Bertz CT molecular complexity index is 904. The van der Waals surface area contributed by atoms with E-state index in [0.29, 0.717) is 24.5 Å². The molecule has 0 N–H and O–H groups in total. The van der Waals surface area contributed by atoms with Gasteiger partial charge >= 0.3 is 8.80 Å². The molecule has 0 atom stereocenters. The maximum Gasteiger partial charge on any atom is 0.705 e. The van der Waals surface area contributed by atoms with E-state index in [1.54, 1.807) is 0 Å². The second-order valence-electron chi connectivity index (χ2n) is 7.26. The molecule has 0 fully saturated rings. The van der Waals surface area contributed by atoms with Gasteiger partial charge in [-0.05, 0) is 24.5 Å². The molecule has 2 rings (SSSR count). The SMILES string of the molecule is CCCOc1cccc(-c2ccccc2)c1OCCC[Si](OC(C)=O)(OC(C)=O)OC(C)=O. The second-order valence-corrected chi connectivity index (χ2v) is 9.74. The molecule has 0 aliphatic rings. The average molecular weight is 475 g/mol. The minimum atomic E-state index is -3.89. The van der Waals surface area contributed by atoms with Crippen molar-refractivity contribution in [3.63, 3.8) is 0 Å². The van der Waals surface area contributed by atoms with Gasteiger partial charge in [0.2, 0.25) is 0 Å². The first kappa shape index (κ1) is 25.9. The third-order valence-corrected chi connectivity index (χ3v) is 7.06. The molecule has 0 heterocycles. The van der Waals surface area contributed by atoms with Crippen LogP contribution in [0.2, 0.25) is 6.04 Å². The van der Waals surface area contributed by atoms with Crippen LogP contribution in [0.4, 0.5) is 0 Å². The molecule has 2 aromatic rings. The molecule has 0 saturated heterocycles. The van der Waals surface area contributed by atoms with Gasteiger partial charge in [-0.25, -0.2) is 0 Å². The molecule has 0 aromatic heterocycles. The fourth-order valence-electron chi connectivity index (χ4n) is 3.17. The van der Waals surface area contributed by atoms with Gasteiger partial charge in [0.1, 0.15) is 0 Å². The molecule has 8 nitrogen and oxygen atoms in total. The molecule has 0 spiro atoms. The van der Waals surface area contributed by atoms with Gasteiger partial charge in [-0.1, -0.05) is 49.4 Å². The predicted molar refractivity (Wildman–Crippen MR) is 124 cm³/mol. The van der Waals surface area contributed by atoms with E-state index >= 15 is 0 Å². The van der Waals surface area contributed by atoms with E-state index in [4.69, 9.17) is 22.8 Å². The number of para-hydroxylation sites is 1. The van der Waals surface area contributed by atoms with Crippen LogP contribution >= 0.6 is 0 Å². The normalized spacial score (nSPS) is 10.8. The minimum absolute atomic E-state index is 0.0321. The van der Waals surface area contributed by atoms with Crippen LogP contribution in [0.5, 0.6) is 11.5 Å². The zero-order valence-electron chi connectivity index (χ0n) is 19.4. The summed E-state index contributed by atoms with van der Waals surface area (Å²) in [4.78, 5) is 34.8. The summed E-state index contributed by atoms with van der Waals surface area (Å²) in [5.41, 5.74) is 1.84. The monoisotopic (exact) mass is 474 g/mol. The van der Waals surface area contributed by atoms with Crippen molar-refractivity contribution in [1.29, 1.82) is 0 Å². The van der Waals surface area contributed by atoms with Crippen molar-refractivity contribution >= 4 is 26.7 Å². The van der Waals surface area contributed by atoms with Gasteiger partial charge in [0.25, 0.3) is 17.9 Å². The second kappa shape index (κ2) is 12.6. The van der Waals surface area contributed by atoms with Crippen molar-refractivity contribution in [1.82, 2.24) is 0 Å². The van der Waals surface area contributed by atoms with Gasteiger partial charge in [-0.3, -0.25) is 14.4 Å². The van der Waals surface area contributed by atoms with Gasteiger partial charge in [0.15, 0.2) is 11.5 Å². The lowest BCUT2D eigenvalue weighted by molar-refractivity contribution is -0.147. The largest absolute Gasteiger partial charge is 0.705 e. The number of carbonyl (C=O) groups excluding carboxylic acids is 3. The Morgan fingerprint density at radius 1 is 0.758 bits per heavy atom. The van der Waals surface area contributed by atoms with Crippen LogP contribution in [0.3, 0.4) is 0 Å². The van der Waals surface area contributed by atoms with E-state index in [9.17, 15) is 14.4 Å². The fourth-order valence-corrected chi connectivity index (χ4v) is 5.49. The molecule has 0 unspecified atom stereocenters. The van der Waals surface area contributed by atoms with Crippen molar-refractivity contribution in [2.24, 2.45) is 0 Å². The lowest BCUT2D eigenvalue weighted by Gasteiger charge is -2.26. The molecule has 178 valence electrons. The first-order valence-electron chi connectivity index (χ1n) is 10.8. The van der Waals surface area contributed by atoms with E-state index in [-0.39, 0.29) is 12.7 Å². The van der Waals surface area contributed by atoms with Crippen LogP contribution in [0.25, 0.3) is 11.1 Å². The maximum atomic E-state index is 11.6. The zero-order valence-corrected chi connectivity index (χ0v) is 20.4. The summed E-state index contributed by atoms with van der Waals surface area (Å²) in [6.45, 7) is 6.24. The Kier molecular flexibility index (Phi) is 9.93. The average Bonchev–Trinajstić information content (AvgIpc) is 2.74. The number of rotatable bonds is 12. The number of carbonyl (C=O) groups is 3. The third kappa shape index (κ3) is 8.26. The third-order valence-electron chi connectivity index (χ3n) is 4.30. The summed E-state index contributed by atoms with van der Waals surface area (Å²) in [7, 11) is -3.89. The topological polar surface area (TPSA) is 97.4 Å². The van der Waals surface area contributed by atoms with Gasteiger partial charge < -0.3 is 22.8 Å². The van der Waals surface area contributed by atoms with Crippen LogP contribution in [-0.2, 0) is 27.7 Å². The van der Waals surface area contributed by atoms with Crippen LogP contribution in [-0.4, -0.2) is 39.9 Å². The fraction of sp³-hybridized carbons (Fsp3) is 0.375. The number of hydrogen-bond acceptors (Lipinski definition) is 8. The highest BCUT2D eigenvalue weighted by atomic mass is 28.4. The summed E-state index contributed by atoms with van der Waals surface area (Å²) >= 11 is 0. The summed E-state index contributed by atoms with van der Waals surface area (Å²) in [6.07, 6.45) is 1.15. The van der Waals surface area contributed by atoms with Crippen LogP contribution in [0.15, 0.2) is 48.5 Å². The van der Waals surface area contributed by atoms with Gasteiger partial charge in [0, 0.05) is 26.3 Å². The zero-order chi connectivity index (χ0) is 24.3. The Hall–Kier alpha value is -3.33. The highest BCUT2D eigenvalue weighted by Gasteiger charge is 2.51. The van der Waals surface area contributed by atoms with E-state index < -0.39 is 26.7 Å². The Morgan fingerprint density at radius 2 is 1.36 bits per heavy atom. The smallest absolute Gasteiger partial charge is 0.490 e. The van der Waals surface area contributed by atoms with E-state index in [2.05, 4.69) is 0 Å². The molecule has 0 radical (unpaired) electrons. The first-order chi connectivity index (χ1) is 15.8. The van der Waals surface area contributed by atoms with Gasteiger partial charge in [-0.2, -0.15) is 0 Å². The number of hydrogen-bond donors (Lipinski definition) is 0. The molecule has 33 heavy (non-hydrogen) atoms. The molecule has 0 aliphatic heterocycles. The van der Waals surface area contributed by atoms with Gasteiger partial charge in [-0.15, -0.1) is 0 Å². The predicted octanol–water partition coefficient (Wildman–Crippen LogP) is 4.54. The molecule has 0 saturated carbocycles. The van der Waals surface area contributed by atoms with Crippen molar-refractivity contribution in [3.8, 4) is 22.6 Å². The summed E-state index contributed by atoms with van der Waals surface area (Å²) in [6, 6.07) is 15.5. The van der Waals surface area contributed by atoms with Crippen molar-refractivity contribution in [2.45, 2.75) is 46.6 Å². The minimum Gasteiger partial charge on any atom is -0.490 e. The maximum absolute atomic E-state index is 11.6. The van der Waals surface area contributed by atoms with E-state index in [1.807, 2.05) is 55.5 Å². The number of benzene rings is 2. The summed E-state index contributed by atoms with van der Waals surface area (Å²) in [5.74, 6) is -0.905. The van der Waals surface area contributed by atoms with Crippen LogP contribution < -0.4 is 9.47 Å². The van der Waals surface area contributed by atoms with Crippen molar-refractivity contribution in [2.75, 3.05) is 13.2 Å². The Morgan fingerprint density at radius 3 is 1.91 bits per heavy atom. The molecular weight excluding hydrogens is 444 g/mol. The van der Waals surface area contributed by atoms with Gasteiger partial charge in [0.05, 0.1) is 19.3 Å². The number of ether oxygens (including phenoxy) is 2. The standard InChI is InChI=1S/C24H30O8Si/c1-5-15-28-23-14-9-13-22(21-11-7-6-8-12-21)24(23)29-16-10-17-33(30-18(2)25,31-19(3)26)32-20(4)27/h6-9,11-14H,5,10,15-17H2,1-4H3. The Labute approximate surface area is 195 Å². The Balaban J connectivity index is 2.22. The van der Waals surface area contributed by atoms with Crippen molar-refractivity contribution in [3.05, 3.63) is 48.5 Å². The lowest BCUT2D eigenvalue weighted by atomic mass is 10.0. The summed E-state index contributed by atoms with van der Waals surface area (Å²) in [5, 5.41) is 0. The molecular formula is C24H30O8Si. The molecule has 0 aliphatic carbocycles. The highest BCUT2D eigenvalue weighted by Crippen LogP contribution is 2.38. The quantitative estimate of drug-likeness (QED) is 0.327. The first-order valence-corrected chi connectivity index (χ1v) is 12.7. The van der Waals surface area contributed by atoms with Crippen LogP contribution in [0, 0.1) is 0 Å². The lowest BCUT2D eigenvalue weighted by Crippen LogP contribution is -2.49. The van der Waals surface area contributed by atoms with E-state index in [0.717, 1.165) is 17.5 Å². The summed E-state index contributed by atoms with van der Waals surface area (Å²) < 4.78 is 27.6. The molecule has 2 aromatic carbocycles. The molecule has 0 bridgehead atoms. The molecule has 9 heteroatoms. The molecule has 0 amide bonds.